The van der Waals surface area contributed by atoms with Crippen LogP contribution in [0.4, 0.5) is 5.69 Å². The molecule has 0 spiro atoms. The number of nitrogen functional groups attached to an aromatic ring is 1. The Morgan fingerprint density at radius 2 is 1.59 bits per heavy atom. The molecule has 0 aliphatic rings. The quantitative estimate of drug-likeness (QED) is 0.325. The van der Waals surface area contributed by atoms with E-state index in [-0.39, 0.29) is 63.6 Å². The molecule has 0 aliphatic heterocycles. The Bertz CT molecular complexity index is 815. The summed E-state index contributed by atoms with van der Waals surface area (Å²) in [6, 6.07) is 14.6. The molecule has 2 aromatic carbocycles. The number of anilines is 1. The molecule has 0 aliphatic carbocycles. The van der Waals surface area contributed by atoms with Gasteiger partial charge < -0.3 is 24.0 Å². The van der Waals surface area contributed by atoms with Crippen molar-refractivity contribution in [1.82, 2.24) is 4.31 Å². The molecule has 159 valence electrons. The van der Waals surface area contributed by atoms with Crippen molar-refractivity contribution in [3.8, 4) is 0 Å². The minimum absolute atomic E-state index is 0. The zero-order valence-electron chi connectivity index (χ0n) is 17.3. The summed E-state index contributed by atoms with van der Waals surface area (Å²) in [5, 5.41) is 10.5. The van der Waals surface area contributed by atoms with Crippen LogP contribution in [0.3, 0.4) is 0 Å². The fourth-order valence-electron chi connectivity index (χ4n) is 2.81. The molecule has 0 aromatic heterocycles. The number of aliphatic hydroxyl groups is 1. The number of hydrogen-bond donors (Lipinski definition) is 2. The van der Waals surface area contributed by atoms with E-state index in [1.807, 2.05) is 44.2 Å². The standard InChI is InChI=1S/C20H28N3O3S.CH3.Pa/c1-15(2)13-23(27(25,26)18-10-8-17(21)9-11-18)14-20(24)19(22)12-16-6-4-3-5-7-16;;/h3-11,15,19-20,22,24H,12-14,21H2,1-2H3;1H3;/q2*-1;/t19-,20+;;/m0../s1. The maximum absolute atomic E-state index is 13.0. The largest absolute Gasteiger partial charge is 0.672 e. The van der Waals surface area contributed by atoms with Crippen LogP contribution < -0.4 is 5.73 Å². The van der Waals surface area contributed by atoms with Gasteiger partial charge in [0.25, 0.3) is 0 Å². The average molecular weight is 637 g/mol. The second-order valence-corrected chi connectivity index (χ2v) is 9.09. The van der Waals surface area contributed by atoms with Crippen LogP contribution in [0.5, 0.6) is 0 Å². The van der Waals surface area contributed by atoms with Gasteiger partial charge in [-0.05, 0) is 42.2 Å². The van der Waals surface area contributed by atoms with E-state index in [2.05, 4.69) is 0 Å². The summed E-state index contributed by atoms with van der Waals surface area (Å²) in [6.45, 7) is 3.98. The number of hydrogen-bond acceptors (Lipinski definition) is 4. The van der Waals surface area contributed by atoms with Crippen LogP contribution >= 0.6 is 0 Å². The summed E-state index contributed by atoms with van der Waals surface area (Å²) in [4.78, 5) is 0.133. The van der Waals surface area contributed by atoms with E-state index in [1.54, 1.807) is 12.1 Å². The second kappa shape index (κ2) is 12.8. The average Bonchev–Trinajstić information content (AvgIpc) is 2.62. The molecule has 1 radical (unpaired) electrons. The van der Waals surface area contributed by atoms with Crippen molar-refractivity contribution in [1.29, 1.82) is 0 Å². The van der Waals surface area contributed by atoms with E-state index in [0.29, 0.717) is 12.1 Å². The van der Waals surface area contributed by atoms with Crippen LogP contribution in [-0.2, 0) is 16.4 Å². The predicted octanol–water partition coefficient (Wildman–Crippen LogP) is 3.39. The summed E-state index contributed by atoms with van der Waals surface area (Å²) < 4.78 is 27.3. The van der Waals surface area contributed by atoms with Crippen LogP contribution in [0.2, 0.25) is 0 Å². The number of rotatable bonds is 9. The molecule has 2 aromatic rings. The molecular formula is C21H31N3O3PaS-2. The normalized spacial score (nSPS) is 13.4. The molecule has 0 fully saturated rings. The summed E-state index contributed by atoms with van der Waals surface area (Å²) in [5.74, 6) is 0.0825. The molecule has 0 amide bonds. The molecule has 0 saturated carbocycles. The monoisotopic (exact) mass is 636 g/mol. The Morgan fingerprint density at radius 3 is 2.10 bits per heavy atom. The Morgan fingerprint density at radius 1 is 1.03 bits per heavy atom. The predicted molar refractivity (Wildman–Crippen MR) is 115 cm³/mol. The summed E-state index contributed by atoms with van der Waals surface area (Å²) in [6.07, 6.45) is -0.730. The van der Waals surface area contributed by atoms with Crippen molar-refractivity contribution in [3.05, 3.63) is 73.3 Å². The number of nitrogens with zero attached hydrogens (tertiary/aromatic N) is 1. The van der Waals surface area contributed by atoms with Gasteiger partial charge in [-0.25, -0.2) is 8.42 Å². The van der Waals surface area contributed by atoms with E-state index < -0.39 is 22.2 Å². The number of aliphatic hydroxyl groups excluding tert-OH is 1. The Labute approximate surface area is 200 Å². The van der Waals surface area contributed by atoms with Crippen LogP contribution in [0.1, 0.15) is 19.4 Å². The van der Waals surface area contributed by atoms with Gasteiger partial charge in [-0.2, -0.15) is 4.31 Å². The third-order valence-corrected chi connectivity index (χ3v) is 6.09. The van der Waals surface area contributed by atoms with Crippen LogP contribution in [0.15, 0.2) is 59.5 Å². The van der Waals surface area contributed by atoms with Gasteiger partial charge in [0.1, 0.15) is 0 Å². The zero-order chi connectivity index (χ0) is 20.0. The van der Waals surface area contributed by atoms with E-state index in [0.717, 1.165) is 5.56 Å². The Kier molecular flexibility index (Phi) is 12.4. The first kappa shape index (κ1) is 28.2. The van der Waals surface area contributed by atoms with Crippen LogP contribution in [-0.4, -0.2) is 43.1 Å². The van der Waals surface area contributed by atoms with Crippen molar-refractivity contribution in [2.24, 2.45) is 5.92 Å². The van der Waals surface area contributed by atoms with Crippen LogP contribution in [0.25, 0.3) is 5.73 Å². The number of nitrogens with one attached hydrogen (secondary N) is 1. The van der Waals surface area contributed by atoms with Crippen molar-refractivity contribution in [2.75, 3.05) is 18.8 Å². The van der Waals surface area contributed by atoms with Crippen molar-refractivity contribution >= 4 is 15.7 Å². The van der Waals surface area contributed by atoms with Crippen molar-refractivity contribution < 1.29 is 45.8 Å². The van der Waals surface area contributed by atoms with Gasteiger partial charge in [0, 0.05) is 51.1 Å². The topological polar surface area (TPSA) is 107 Å². The van der Waals surface area contributed by atoms with Crippen LogP contribution in [0, 0.1) is 45.7 Å². The Balaban J connectivity index is 0.00000392. The molecule has 8 heteroatoms. The smallest absolute Gasteiger partial charge is 0.243 e. The summed E-state index contributed by atoms with van der Waals surface area (Å²) in [5.41, 5.74) is 15.3. The van der Waals surface area contributed by atoms with Crippen molar-refractivity contribution in [3.63, 3.8) is 0 Å². The minimum Gasteiger partial charge on any atom is -0.672 e. The third kappa shape index (κ3) is 8.43. The number of benzene rings is 2. The number of nitrogens with two attached hydrogens (primary N) is 1. The fraction of sp³-hybridized carbons (Fsp3) is 0.381. The Hall–Kier alpha value is -0.839. The van der Waals surface area contributed by atoms with E-state index >= 15 is 0 Å². The SMILES string of the molecule is CC(C)CN(C[C@@H](O)[C@@H]([NH-])Cc1ccccc1)S(=O)(=O)c1ccc(N)cc1.[CH3-].[Pa]. The van der Waals surface area contributed by atoms with Gasteiger partial charge in [0.05, 0.1) is 11.0 Å². The molecule has 6 nitrogen and oxygen atoms in total. The first-order chi connectivity index (χ1) is 12.7. The molecular weight excluding hydrogens is 605 g/mol. The van der Waals surface area contributed by atoms with Gasteiger partial charge in [0.15, 0.2) is 0 Å². The zero-order valence-corrected chi connectivity index (χ0v) is 22.9. The van der Waals surface area contributed by atoms with E-state index in [9.17, 15) is 13.5 Å². The molecule has 0 saturated heterocycles. The maximum Gasteiger partial charge on any atom is 0.243 e. The fourth-order valence-corrected chi connectivity index (χ4v) is 4.43. The molecule has 4 N–H and O–H groups in total. The first-order valence-corrected chi connectivity index (χ1v) is 10.4. The number of sulfonamides is 1. The third-order valence-electron chi connectivity index (χ3n) is 4.24. The maximum atomic E-state index is 13.0. The van der Waals surface area contributed by atoms with Gasteiger partial charge in [-0.1, -0.05) is 44.2 Å². The molecule has 0 heterocycles. The molecule has 0 bridgehead atoms. The van der Waals surface area contributed by atoms with Gasteiger partial charge in [0.2, 0.25) is 10.0 Å². The molecule has 2 rings (SSSR count). The van der Waals surface area contributed by atoms with Gasteiger partial charge in [-0.15, -0.1) is 6.04 Å². The van der Waals surface area contributed by atoms with E-state index in [1.165, 1.54) is 16.4 Å². The van der Waals surface area contributed by atoms with Gasteiger partial charge >= 0.3 is 0 Å². The van der Waals surface area contributed by atoms with E-state index in [4.69, 9.17) is 11.5 Å². The summed E-state index contributed by atoms with van der Waals surface area (Å²) >= 11 is 0. The first-order valence-electron chi connectivity index (χ1n) is 8.99. The summed E-state index contributed by atoms with van der Waals surface area (Å²) in [7, 11) is -3.78. The molecule has 2 atom stereocenters. The minimum atomic E-state index is -3.78. The molecule has 0 unspecified atom stereocenters. The molecule has 29 heavy (non-hydrogen) atoms. The van der Waals surface area contributed by atoms with Gasteiger partial charge in [-0.3, -0.25) is 0 Å². The second-order valence-electron chi connectivity index (χ2n) is 7.15. The van der Waals surface area contributed by atoms with Crippen molar-refractivity contribution in [2.45, 2.75) is 37.3 Å².